The van der Waals surface area contributed by atoms with Crippen molar-refractivity contribution in [2.45, 2.75) is 43.9 Å². The number of phenols is 1. The van der Waals surface area contributed by atoms with Crippen LogP contribution in [-0.4, -0.2) is 24.0 Å². The molecule has 0 heterocycles. The molecule has 0 aliphatic heterocycles. The van der Waals surface area contributed by atoms with Gasteiger partial charge in [0.1, 0.15) is 10.6 Å². The molecule has 0 bridgehead atoms. The molecule has 1 aliphatic carbocycles. The second kappa shape index (κ2) is 9.86. The van der Waals surface area contributed by atoms with Gasteiger partial charge in [-0.2, -0.15) is 8.42 Å². The number of allylic oxidation sites excluding steroid dienone is 2. The molecular formula is C25H25NO5S. The van der Waals surface area contributed by atoms with Crippen molar-refractivity contribution in [2.24, 2.45) is 0 Å². The van der Waals surface area contributed by atoms with E-state index in [0.717, 1.165) is 6.42 Å². The van der Waals surface area contributed by atoms with E-state index < -0.39 is 16.0 Å². The van der Waals surface area contributed by atoms with E-state index in [0.29, 0.717) is 28.8 Å². The first-order chi connectivity index (χ1) is 15.2. The lowest BCUT2D eigenvalue weighted by atomic mass is 9.93. The summed E-state index contributed by atoms with van der Waals surface area (Å²) < 4.78 is 34.0. The number of hydrogen-bond donors (Lipinski definition) is 3. The molecule has 6 nitrogen and oxygen atoms in total. The predicted octanol–water partition coefficient (Wildman–Crippen LogP) is 4.43. The minimum Gasteiger partial charge on any atom is -0.507 e. The maximum Gasteiger partial charge on any atom is 0.294 e. The number of rotatable bonds is 5. The molecule has 32 heavy (non-hydrogen) atoms. The van der Waals surface area contributed by atoms with Crippen molar-refractivity contribution >= 4 is 22.1 Å². The molecule has 1 amide bonds. The van der Waals surface area contributed by atoms with Gasteiger partial charge in [-0.25, -0.2) is 0 Å². The lowest BCUT2D eigenvalue weighted by molar-refractivity contribution is 0.0967. The van der Waals surface area contributed by atoms with Crippen LogP contribution < -0.4 is 5.32 Å². The van der Waals surface area contributed by atoms with Gasteiger partial charge in [0.15, 0.2) is 0 Å². The highest BCUT2D eigenvalue weighted by molar-refractivity contribution is 7.85. The molecule has 2 aromatic carbocycles. The van der Waals surface area contributed by atoms with Gasteiger partial charge < -0.3 is 10.4 Å². The molecule has 7 heteroatoms. The van der Waals surface area contributed by atoms with E-state index in [4.69, 9.17) is 0 Å². The smallest absolute Gasteiger partial charge is 0.294 e. The molecule has 1 aliphatic rings. The molecule has 1 atom stereocenters. The summed E-state index contributed by atoms with van der Waals surface area (Å²) in [6.45, 7) is 3.66. The van der Waals surface area contributed by atoms with Crippen LogP contribution in [0.15, 0.2) is 59.1 Å². The van der Waals surface area contributed by atoms with E-state index in [1.807, 2.05) is 13.0 Å². The van der Waals surface area contributed by atoms with E-state index >= 15 is 0 Å². The fraction of sp³-hybridized carbons (Fsp3) is 0.240. The van der Waals surface area contributed by atoms with Crippen LogP contribution in [0.4, 0.5) is 0 Å². The highest BCUT2D eigenvalue weighted by atomic mass is 32.2. The summed E-state index contributed by atoms with van der Waals surface area (Å²) in [7, 11) is -4.59. The van der Waals surface area contributed by atoms with Gasteiger partial charge in [0, 0.05) is 34.7 Å². The second-order valence-corrected chi connectivity index (χ2v) is 8.88. The van der Waals surface area contributed by atoms with Crippen molar-refractivity contribution in [1.82, 2.24) is 5.32 Å². The third kappa shape index (κ3) is 5.28. The Morgan fingerprint density at radius 3 is 2.59 bits per heavy atom. The standard InChI is InChI=1S/C25H25NO5S/c1-3-4-6-9-17(2)23-22(32(29,30)31)16-19-12-13-20(14-15-21(19)24(23)27)26-25(28)18-10-7-5-8-11-18/h5,7-8,10-11,13-17,27H,3-4,12H2,1-2H3,(H,26,28)(H,29,30,31). The quantitative estimate of drug-likeness (QED) is 0.461. The summed E-state index contributed by atoms with van der Waals surface area (Å²) in [5.41, 5.74) is 2.02. The number of aromatic hydroxyl groups is 1. The summed E-state index contributed by atoms with van der Waals surface area (Å²) in [5, 5.41) is 13.8. The molecule has 0 saturated carbocycles. The first kappa shape index (κ1) is 23.3. The molecule has 3 rings (SSSR count). The monoisotopic (exact) mass is 451 g/mol. The molecule has 1 unspecified atom stereocenters. The topological polar surface area (TPSA) is 104 Å². The Bertz CT molecular complexity index is 1250. The van der Waals surface area contributed by atoms with Crippen molar-refractivity contribution in [2.75, 3.05) is 0 Å². The Morgan fingerprint density at radius 1 is 1.22 bits per heavy atom. The molecule has 0 aromatic heterocycles. The van der Waals surface area contributed by atoms with Crippen molar-refractivity contribution in [3.63, 3.8) is 0 Å². The van der Waals surface area contributed by atoms with Gasteiger partial charge in [-0.15, -0.1) is 5.92 Å². The maximum absolute atomic E-state index is 12.5. The van der Waals surface area contributed by atoms with E-state index in [1.54, 1.807) is 49.4 Å². The Labute approximate surface area is 188 Å². The number of hydrogen-bond acceptors (Lipinski definition) is 4. The summed E-state index contributed by atoms with van der Waals surface area (Å²) >= 11 is 0. The maximum atomic E-state index is 12.5. The Kier molecular flexibility index (Phi) is 7.18. The predicted molar refractivity (Wildman–Crippen MR) is 124 cm³/mol. The van der Waals surface area contributed by atoms with Crippen LogP contribution >= 0.6 is 0 Å². The highest BCUT2D eigenvalue weighted by Crippen LogP contribution is 2.39. The molecule has 166 valence electrons. The van der Waals surface area contributed by atoms with Crippen LogP contribution in [0, 0.1) is 11.8 Å². The van der Waals surface area contributed by atoms with E-state index in [2.05, 4.69) is 17.2 Å². The molecule has 3 N–H and O–H groups in total. The Morgan fingerprint density at radius 2 is 1.94 bits per heavy atom. The third-order valence-corrected chi connectivity index (χ3v) is 5.99. The van der Waals surface area contributed by atoms with Crippen LogP contribution in [0.25, 0.3) is 6.08 Å². The van der Waals surface area contributed by atoms with Gasteiger partial charge in [-0.3, -0.25) is 9.35 Å². The summed E-state index contributed by atoms with van der Waals surface area (Å²) in [6.07, 6.45) is 6.74. The van der Waals surface area contributed by atoms with Crippen molar-refractivity contribution in [3.8, 4) is 17.6 Å². The van der Waals surface area contributed by atoms with Gasteiger partial charge in [0.2, 0.25) is 0 Å². The highest BCUT2D eigenvalue weighted by Gasteiger charge is 2.26. The lowest BCUT2D eigenvalue weighted by Crippen LogP contribution is -2.21. The largest absolute Gasteiger partial charge is 0.507 e. The minimum absolute atomic E-state index is 0.0660. The third-order valence-electron chi connectivity index (χ3n) is 5.10. The van der Waals surface area contributed by atoms with Crippen molar-refractivity contribution in [3.05, 3.63) is 76.5 Å². The molecule has 2 aromatic rings. The normalized spacial score (nSPS) is 13.8. The van der Waals surface area contributed by atoms with Gasteiger partial charge in [-0.1, -0.05) is 37.1 Å². The Hall–Kier alpha value is -3.34. The molecular weight excluding hydrogens is 426 g/mol. The minimum atomic E-state index is -4.59. The number of unbranched alkanes of at least 4 members (excludes halogenated alkanes) is 1. The first-order valence-electron chi connectivity index (χ1n) is 10.3. The zero-order valence-corrected chi connectivity index (χ0v) is 18.7. The van der Waals surface area contributed by atoms with Crippen molar-refractivity contribution < 1.29 is 22.9 Å². The average molecular weight is 452 g/mol. The second-order valence-electron chi connectivity index (χ2n) is 7.49. The van der Waals surface area contributed by atoms with E-state index in [1.165, 1.54) is 6.07 Å². The lowest BCUT2D eigenvalue weighted by Gasteiger charge is -2.17. The molecule has 0 fully saturated rings. The van der Waals surface area contributed by atoms with Gasteiger partial charge in [-0.05, 0) is 55.7 Å². The van der Waals surface area contributed by atoms with Crippen LogP contribution in [0.2, 0.25) is 0 Å². The average Bonchev–Trinajstić information content (AvgIpc) is 2.96. The number of nitrogens with one attached hydrogen (secondary N) is 1. The zero-order chi connectivity index (χ0) is 23.3. The Balaban J connectivity index is 2.00. The molecule has 0 radical (unpaired) electrons. The first-order valence-corrected chi connectivity index (χ1v) is 11.8. The zero-order valence-electron chi connectivity index (χ0n) is 17.9. The molecule has 0 spiro atoms. The fourth-order valence-corrected chi connectivity index (χ4v) is 4.33. The van der Waals surface area contributed by atoms with E-state index in [9.17, 15) is 22.9 Å². The summed E-state index contributed by atoms with van der Waals surface area (Å²) in [6, 6.07) is 10.1. The van der Waals surface area contributed by atoms with Crippen LogP contribution in [-0.2, 0) is 16.5 Å². The van der Waals surface area contributed by atoms with Crippen LogP contribution in [0.1, 0.15) is 59.7 Å². The number of carbonyl (C=O) groups excluding carboxylic acids is 1. The number of benzene rings is 2. The number of phenolic OH excluding ortho intramolecular Hbond substituents is 1. The summed E-state index contributed by atoms with van der Waals surface area (Å²) in [5.74, 6) is 4.78. The number of fused-ring (bicyclic) bond motifs is 1. The van der Waals surface area contributed by atoms with Crippen LogP contribution in [0.3, 0.4) is 0 Å². The molecule has 0 saturated heterocycles. The van der Waals surface area contributed by atoms with E-state index in [-0.39, 0.29) is 28.5 Å². The fourth-order valence-electron chi connectivity index (χ4n) is 3.48. The van der Waals surface area contributed by atoms with Gasteiger partial charge >= 0.3 is 0 Å². The van der Waals surface area contributed by atoms with Crippen molar-refractivity contribution in [1.29, 1.82) is 0 Å². The number of carbonyl (C=O) groups is 1. The summed E-state index contributed by atoms with van der Waals surface area (Å²) in [4.78, 5) is 12.1. The van der Waals surface area contributed by atoms with Crippen LogP contribution in [0.5, 0.6) is 5.75 Å². The number of amides is 1. The SMILES string of the molecule is CCCC#CC(C)c1c(S(=O)(=O)O)cc2c(c1O)C=CC(NC(=O)c1ccccc1)=CC2. The van der Waals surface area contributed by atoms with Gasteiger partial charge in [0.05, 0.1) is 0 Å². The van der Waals surface area contributed by atoms with Gasteiger partial charge in [0.25, 0.3) is 16.0 Å².